The Morgan fingerprint density at radius 2 is 1.66 bits per heavy atom. The number of carbonyl (C=O) groups excluding carboxylic acids is 1. The molecule has 4 saturated carbocycles. The van der Waals surface area contributed by atoms with Gasteiger partial charge in [0.25, 0.3) is 0 Å². The minimum absolute atomic E-state index is 0.201. The summed E-state index contributed by atoms with van der Waals surface area (Å²) in [6.07, 6.45) is 9.60. The van der Waals surface area contributed by atoms with Crippen LogP contribution in [0.2, 0.25) is 0 Å². The molecule has 8 heteroatoms. The lowest BCUT2D eigenvalue weighted by atomic mass is 9.53. The number of hydrogen-bond donors (Lipinski definition) is 1. The first-order chi connectivity index (χ1) is 17.0. The first-order valence-electron chi connectivity index (χ1n) is 13.3. The van der Waals surface area contributed by atoms with Gasteiger partial charge < -0.3 is 29.3 Å². The average Bonchev–Trinajstić information content (AvgIpc) is 3.22. The molecule has 7 nitrogen and oxygen atoms in total. The van der Waals surface area contributed by atoms with E-state index in [1.807, 2.05) is 29.2 Å². The van der Waals surface area contributed by atoms with E-state index in [2.05, 4.69) is 10.2 Å². The molecule has 0 radical (unpaired) electrons. The van der Waals surface area contributed by atoms with Crippen LogP contribution in [0.5, 0.6) is 11.5 Å². The number of hydrogen-bond acceptors (Lipinski definition) is 5. The normalized spacial score (nSPS) is 34.1. The van der Waals surface area contributed by atoms with Crippen LogP contribution in [0.1, 0.15) is 51.4 Å². The number of piperidine rings is 1. The van der Waals surface area contributed by atoms with Crippen molar-refractivity contribution < 1.29 is 19.0 Å². The summed E-state index contributed by atoms with van der Waals surface area (Å²) in [6.45, 7) is 2.71. The standard InChI is InChI=1S/C27H37N3O4S/c1-32-22-2-4-23(5-3-22)33-17-24-16-30(26(31)34-24)21-6-8-29(9-7-21)25(35)28-27-13-18-10-19(14-27)12-20(11-18)15-27/h2-5,18-21,24H,6-17H2,1H3,(H,28,35). The first kappa shape index (κ1) is 23.2. The third-order valence-corrected chi connectivity index (χ3v) is 9.36. The van der Waals surface area contributed by atoms with Gasteiger partial charge in [-0.05, 0) is 106 Å². The van der Waals surface area contributed by atoms with Gasteiger partial charge in [-0.1, -0.05) is 0 Å². The molecule has 1 aromatic carbocycles. The number of benzene rings is 1. The maximum Gasteiger partial charge on any atom is 0.410 e. The van der Waals surface area contributed by atoms with Gasteiger partial charge in [-0.15, -0.1) is 0 Å². The minimum Gasteiger partial charge on any atom is -0.497 e. The van der Waals surface area contributed by atoms with Gasteiger partial charge in [0.05, 0.1) is 13.7 Å². The van der Waals surface area contributed by atoms with Crippen LogP contribution < -0.4 is 14.8 Å². The molecular formula is C27H37N3O4S. The Balaban J connectivity index is 0.972. The summed E-state index contributed by atoms with van der Waals surface area (Å²) >= 11 is 5.91. The lowest BCUT2D eigenvalue weighted by Crippen LogP contribution is -2.62. The van der Waals surface area contributed by atoms with E-state index in [0.29, 0.717) is 13.2 Å². The van der Waals surface area contributed by atoms with E-state index >= 15 is 0 Å². The van der Waals surface area contributed by atoms with E-state index in [1.165, 1.54) is 38.5 Å². The molecule has 2 saturated heterocycles. The van der Waals surface area contributed by atoms with E-state index in [0.717, 1.165) is 60.3 Å². The van der Waals surface area contributed by atoms with Crippen LogP contribution in [0.3, 0.4) is 0 Å². The van der Waals surface area contributed by atoms with Crippen LogP contribution in [0.25, 0.3) is 0 Å². The smallest absolute Gasteiger partial charge is 0.410 e. The van der Waals surface area contributed by atoms with Crippen molar-refractivity contribution in [3.05, 3.63) is 24.3 Å². The molecule has 1 amide bonds. The number of nitrogens with one attached hydrogen (secondary N) is 1. The highest BCUT2D eigenvalue weighted by Gasteiger charge is 2.51. The molecule has 6 fully saturated rings. The number of amides is 1. The van der Waals surface area contributed by atoms with Crippen LogP contribution in [0.15, 0.2) is 24.3 Å². The van der Waals surface area contributed by atoms with Crippen molar-refractivity contribution in [3.63, 3.8) is 0 Å². The largest absolute Gasteiger partial charge is 0.497 e. The number of nitrogens with zero attached hydrogens (tertiary/aromatic N) is 2. The van der Waals surface area contributed by atoms with Crippen molar-refractivity contribution in [1.29, 1.82) is 0 Å². The molecule has 0 aromatic heterocycles. The van der Waals surface area contributed by atoms with Gasteiger partial charge >= 0.3 is 6.09 Å². The van der Waals surface area contributed by atoms with Gasteiger partial charge in [0.2, 0.25) is 0 Å². The quantitative estimate of drug-likeness (QED) is 0.589. The van der Waals surface area contributed by atoms with Gasteiger partial charge in [-0.3, -0.25) is 0 Å². The van der Waals surface area contributed by atoms with E-state index in [4.69, 9.17) is 26.4 Å². The number of carbonyl (C=O) groups is 1. The highest BCUT2D eigenvalue weighted by Crippen LogP contribution is 2.55. The molecule has 190 valence electrons. The van der Waals surface area contributed by atoms with Crippen molar-refractivity contribution in [2.75, 3.05) is 33.4 Å². The van der Waals surface area contributed by atoms with Crippen LogP contribution in [0.4, 0.5) is 4.79 Å². The highest BCUT2D eigenvalue weighted by atomic mass is 32.1. The first-order valence-corrected chi connectivity index (χ1v) is 13.7. The Labute approximate surface area is 213 Å². The summed E-state index contributed by atoms with van der Waals surface area (Å²) in [5, 5.41) is 4.79. The molecule has 0 spiro atoms. The van der Waals surface area contributed by atoms with Crippen molar-refractivity contribution in [2.24, 2.45) is 17.8 Å². The maximum absolute atomic E-state index is 12.6. The molecule has 1 N–H and O–H groups in total. The number of thiocarbonyl (C=S) groups is 1. The minimum atomic E-state index is -0.249. The number of rotatable bonds is 6. The molecular weight excluding hydrogens is 462 g/mol. The second-order valence-corrected chi connectivity index (χ2v) is 11.9. The topological polar surface area (TPSA) is 63.3 Å². The predicted molar refractivity (Wildman–Crippen MR) is 137 cm³/mol. The molecule has 6 aliphatic rings. The summed E-state index contributed by atoms with van der Waals surface area (Å²) in [4.78, 5) is 16.8. The Morgan fingerprint density at radius 3 is 2.26 bits per heavy atom. The van der Waals surface area contributed by atoms with Gasteiger partial charge in [-0.2, -0.15) is 0 Å². The summed E-state index contributed by atoms with van der Waals surface area (Å²) in [5.41, 5.74) is 0.249. The average molecular weight is 500 g/mol. The van der Waals surface area contributed by atoms with Crippen LogP contribution in [0, 0.1) is 17.8 Å². The Morgan fingerprint density at radius 1 is 1.06 bits per heavy atom. The number of cyclic esters (lactones) is 1. The third-order valence-electron chi connectivity index (χ3n) is 9.00. The Bertz CT molecular complexity index is 911. The zero-order valence-corrected chi connectivity index (χ0v) is 21.4. The number of ether oxygens (including phenoxy) is 3. The molecule has 2 aliphatic heterocycles. The van der Waals surface area contributed by atoms with Gasteiger partial charge in [0.1, 0.15) is 18.1 Å². The fourth-order valence-corrected chi connectivity index (χ4v) is 8.14. The molecule has 1 atom stereocenters. The van der Waals surface area contributed by atoms with E-state index in [-0.39, 0.29) is 23.8 Å². The monoisotopic (exact) mass is 499 g/mol. The Hall–Kier alpha value is -2.22. The van der Waals surface area contributed by atoms with Crippen molar-refractivity contribution in [3.8, 4) is 11.5 Å². The molecule has 7 rings (SSSR count). The van der Waals surface area contributed by atoms with Crippen molar-refractivity contribution >= 4 is 23.4 Å². The third kappa shape index (κ3) is 4.78. The summed E-state index contributed by atoms with van der Waals surface area (Å²) < 4.78 is 16.6. The number of methoxy groups -OCH3 is 1. The summed E-state index contributed by atoms with van der Waals surface area (Å²) in [6, 6.07) is 7.65. The highest BCUT2D eigenvalue weighted by molar-refractivity contribution is 7.80. The fourth-order valence-electron chi connectivity index (χ4n) is 7.74. The summed E-state index contributed by atoms with van der Waals surface area (Å²) in [5.74, 6) is 4.25. The fraction of sp³-hybridized carbons (Fsp3) is 0.704. The van der Waals surface area contributed by atoms with Gasteiger partial charge in [-0.25, -0.2) is 4.79 Å². The number of likely N-dealkylation sites (tertiary alicyclic amines) is 1. The zero-order valence-electron chi connectivity index (χ0n) is 20.6. The van der Waals surface area contributed by atoms with Crippen molar-refractivity contribution in [2.45, 2.75) is 69.1 Å². The van der Waals surface area contributed by atoms with Crippen molar-refractivity contribution in [1.82, 2.24) is 15.1 Å². The SMILES string of the molecule is COc1ccc(OCC2CN(C3CCN(C(=S)NC45CC6CC(CC(C6)C4)C5)CC3)C(=O)O2)cc1. The Kier molecular flexibility index (Phi) is 6.19. The lowest BCUT2D eigenvalue weighted by Gasteiger charge is -2.57. The zero-order chi connectivity index (χ0) is 24.0. The molecule has 1 aromatic rings. The van der Waals surface area contributed by atoms with E-state index in [9.17, 15) is 4.79 Å². The van der Waals surface area contributed by atoms with Crippen LogP contribution in [-0.2, 0) is 4.74 Å². The molecule has 35 heavy (non-hydrogen) atoms. The van der Waals surface area contributed by atoms with E-state index < -0.39 is 0 Å². The lowest BCUT2D eigenvalue weighted by molar-refractivity contribution is -0.0114. The van der Waals surface area contributed by atoms with Gasteiger partial charge in [0, 0.05) is 24.7 Å². The second-order valence-electron chi connectivity index (χ2n) is 11.5. The van der Waals surface area contributed by atoms with Crippen LogP contribution in [-0.4, -0.2) is 72.0 Å². The molecule has 2 heterocycles. The summed E-state index contributed by atoms with van der Waals surface area (Å²) in [7, 11) is 1.64. The maximum atomic E-state index is 12.6. The second kappa shape index (κ2) is 9.34. The molecule has 1 unspecified atom stereocenters. The molecule has 4 bridgehead atoms. The molecule has 4 aliphatic carbocycles. The van der Waals surface area contributed by atoms with E-state index in [1.54, 1.807) is 7.11 Å². The van der Waals surface area contributed by atoms with Gasteiger partial charge in [0.15, 0.2) is 11.2 Å². The predicted octanol–water partition coefficient (Wildman–Crippen LogP) is 4.20. The van der Waals surface area contributed by atoms with Crippen LogP contribution >= 0.6 is 12.2 Å².